The van der Waals surface area contributed by atoms with E-state index in [0.29, 0.717) is 21.3 Å². The third-order valence-corrected chi connectivity index (χ3v) is 4.51. The first kappa shape index (κ1) is 14.6. The monoisotopic (exact) mass is 308 g/mol. The summed E-state index contributed by atoms with van der Waals surface area (Å²) in [6.45, 7) is 3.56. The SMILES string of the molecule is C/C(=N/O)c1ccc(NC(=O)c2scc(C)c2Cl)cc1. The zero-order chi connectivity index (χ0) is 14.7. The van der Waals surface area contributed by atoms with E-state index >= 15 is 0 Å². The lowest BCUT2D eigenvalue weighted by molar-refractivity contribution is 0.103. The molecule has 104 valence electrons. The molecule has 1 aromatic heterocycles. The van der Waals surface area contributed by atoms with Crippen LogP contribution in [0.2, 0.25) is 5.02 Å². The topological polar surface area (TPSA) is 61.7 Å². The Bertz CT molecular complexity index is 662. The first-order valence-electron chi connectivity index (χ1n) is 5.87. The predicted molar refractivity (Wildman–Crippen MR) is 82.5 cm³/mol. The van der Waals surface area contributed by atoms with Gasteiger partial charge in [-0.3, -0.25) is 4.79 Å². The highest BCUT2D eigenvalue weighted by atomic mass is 35.5. The van der Waals surface area contributed by atoms with E-state index < -0.39 is 0 Å². The minimum absolute atomic E-state index is 0.228. The van der Waals surface area contributed by atoms with Gasteiger partial charge in [0.2, 0.25) is 0 Å². The number of benzene rings is 1. The largest absolute Gasteiger partial charge is 0.411 e. The number of hydrogen-bond acceptors (Lipinski definition) is 4. The van der Waals surface area contributed by atoms with Crippen molar-refractivity contribution in [2.24, 2.45) is 5.16 Å². The second-order valence-corrected chi connectivity index (χ2v) is 5.54. The van der Waals surface area contributed by atoms with Gasteiger partial charge in [-0.05, 0) is 42.5 Å². The zero-order valence-electron chi connectivity index (χ0n) is 11.0. The van der Waals surface area contributed by atoms with Crippen molar-refractivity contribution in [1.82, 2.24) is 0 Å². The van der Waals surface area contributed by atoms with E-state index in [4.69, 9.17) is 16.8 Å². The number of carbonyl (C=O) groups is 1. The smallest absolute Gasteiger partial charge is 0.267 e. The summed E-state index contributed by atoms with van der Waals surface area (Å²) in [5, 5.41) is 16.9. The molecule has 0 radical (unpaired) electrons. The van der Waals surface area contributed by atoms with Gasteiger partial charge in [-0.2, -0.15) is 0 Å². The fourth-order valence-electron chi connectivity index (χ4n) is 1.62. The van der Waals surface area contributed by atoms with Gasteiger partial charge in [0, 0.05) is 5.69 Å². The maximum atomic E-state index is 12.1. The van der Waals surface area contributed by atoms with E-state index in [1.807, 2.05) is 12.3 Å². The van der Waals surface area contributed by atoms with Crippen molar-refractivity contribution < 1.29 is 10.0 Å². The highest BCUT2D eigenvalue weighted by Crippen LogP contribution is 2.27. The Kier molecular flexibility index (Phi) is 4.42. The first-order chi connectivity index (χ1) is 9.52. The van der Waals surface area contributed by atoms with Crippen LogP contribution in [0.15, 0.2) is 34.8 Å². The zero-order valence-corrected chi connectivity index (χ0v) is 12.5. The summed E-state index contributed by atoms with van der Waals surface area (Å²) < 4.78 is 0. The number of aryl methyl sites for hydroxylation is 1. The van der Waals surface area contributed by atoms with E-state index in [9.17, 15) is 4.79 Å². The fourth-order valence-corrected chi connectivity index (χ4v) is 2.80. The normalized spacial score (nSPS) is 11.4. The molecule has 1 amide bonds. The Hall–Kier alpha value is -1.85. The molecule has 2 N–H and O–H groups in total. The molecule has 0 bridgehead atoms. The van der Waals surface area contributed by atoms with E-state index in [1.165, 1.54) is 11.3 Å². The molecule has 0 fully saturated rings. The number of amides is 1. The van der Waals surface area contributed by atoms with Crippen LogP contribution >= 0.6 is 22.9 Å². The first-order valence-corrected chi connectivity index (χ1v) is 7.12. The molecule has 0 saturated heterocycles. The van der Waals surface area contributed by atoms with Gasteiger partial charge in [-0.25, -0.2) is 0 Å². The van der Waals surface area contributed by atoms with Gasteiger partial charge >= 0.3 is 0 Å². The van der Waals surface area contributed by atoms with E-state index in [1.54, 1.807) is 31.2 Å². The van der Waals surface area contributed by atoms with Gasteiger partial charge < -0.3 is 10.5 Å². The number of rotatable bonds is 3. The summed E-state index contributed by atoms with van der Waals surface area (Å²) in [7, 11) is 0. The maximum absolute atomic E-state index is 12.1. The maximum Gasteiger partial charge on any atom is 0.267 e. The molecule has 0 saturated carbocycles. The highest BCUT2D eigenvalue weighted by molar-refractivity contribution is 7.13. The van der Waals surface area contributed by atoms with Crippen molar-refractivity contribution in [3.8, 4) is 0 Å². The molecule has 2 aromatic rings. The van der Waals surface area contributed by atoms with Crippen molar-refractivity contribution in [1.29, 1.82) is 0 Å². The lowest BCUT2D eigenvalue weighted by atomic mass is 10.1. The van der Waals surface area contributed by atoms with E-state index in [-0.39, 0.29) is 5.91 Å². The van der Waals surface area contributed by atoms with Crippen molar-refractivity contribution in [3.05, 3.63) is 50.7 Å². The number of nitrogens with one attached hydrogen (secondary N) is 1. The van der Waals surface area contributed by atoms with Crippen molar-refractivity contribution >= 4 is 40.2 Å². The van der Waals surface area contributed by atoms with Crippen LogP contribution in [-0.4, -0.2) is 16.8 Å². The van der Waals surface area contributed by atoms with Crippen molar-refractivity contribution in [2.45, 2.75) is 13.8 Å². The summed E-state index contributed by atoms with van der Waals surface area (Å²) in [5.74, 6) is -0.228. The Labute approximate surface area is 125 Å². The lowest BCUT2D eigenvalue weighted by Gasteiger charge is -2.05. The Morgan fingerprint density at radius 2 is 2.00 bits per heavy atom. The molecule has 1 heterocycles. The summed E-state index contributed by atoms with van der Waals surface area (Å²) in [4.78, 5) is 12.6. The quantitative estimate of drug-likeness (QED) is 0.508. The lowest BCUT2D eigenvalue weighted by Crippen LogP contribution is -2.10. The van der Waals surface area contributed by atoms with E-state index in [0.717, 1.165) is 11.1 Å². The number of oxime groups is 1. The number of thiophene rings is 1. The third kappa shape index (κ3) is 3.00. The van der Waals surface area contributed by atoms with Crippen LogP contribution in [0.3, 0.4) is 0 Å². The molecule has 0 unspecified atom stereocenters. The number of halogens is 1. The van der Waals surface area contributed by atoms with Gasteiger partial charge in [-0.1, -0.05) is 28.9 Å². The highest BCUT2D eigenvalue weighted by Gasteiger charge is 2.14. The van der Waals surface area contributed by atoms with Crippen LogP contribution in [0.25, 0.3) is 0 Å². The number of carbonyl (C=O) groups excluding carboxylic acids is 1. The van der Waals surface area contributed by atoms with Crippen LogP contribution in [0.1, 0.15) is 27.7 Å². The summed E-state index contributed by atoms with van der Waals surface area (Å²) in [6.07, 6.45) is 0. The molecule has 0 spiro atoms. The molecule has 4 nitrogen and oxygen atoms in total. The van der Waals surface area contributed by atoms with Crippen LogP contribution in [0.5, 0.6) is 0 Å². The van der Waals surface area contributed by atoms with E-state index in [2.05, 4.69) is 10.5 Å². The third-order valence-electron chi connectivity index (χ3n) is 2.82. The van der Waals surface area contributed by atoms with Crippen LogP contribution in [0, 0.1) is 6.92 Å². The molecular weight excluding hydrogens is 296 g/mol. The van der Waals surface area contributed by atoms with Gasteiger partial charge in [0.15, 0.2) is 0 Å². The molecule has 2 rings (SSSR count). The average molecular weight is 309 g/mol. The molecule has 0 aliphatic heterocycles. The van der Waals surface area contributed by atoms with Gasteiger partial charge in [0.1, 0.15) is 4.88 Å². The number of nitrogens with zero attached hydrogens (tertiary/aromatic N) is 1. The van der Waals surface area contributed by atoms with Crippen LogP contribution in [0.4, 0.5) is 5.69 Å². The molecule has 0 aliphatic rings. The number of hydrogen-bond donors (Lipinski definition) is 2. The Balaban J connectivity index is 2.14. The Morgan fingerprint density at radius 3 is 2.50 bits per heavy atom. The standard InChI is InChI=1S/C14H13ClN2O2S/c1-8-7-20-13(12(8)15)14(18)16-11-5-3-10(4-6-11)9(2)17-19/h3-7,19H,1-2H3,(H,16,18)/b17-9-. The second kappa shape index (κ2) is 6.07. The Morgan fingerprint density at radius 1 is 1.35 bits per heavy atom. The molecule has 0 atom stereocenters. The molecule has 1 aromatic carbocycles. The molecule has 20 heavy (non-hydrogen) atoms. The summed E-state index contributed by atoms with van der Waals surface area (Å²) in [5.41, 5.74) is 2.86. The molecule has 0 aliphatic carbocycles. The minimum Gasteiger partial charge on any atom is -0.411 e. The van der Waals surface area contributed by atoms with Crippen LogP contribution < -0.4 is 5.32 Å². The number of anilines is 1. The second-order valence-electron chi connectivity index (χ2n) is 4.28. The van der Waals surface area contributed by atoms with Crippen molar-refractivity contribution in [3.63, 3.8) is 0 Å². The van der Waals surface area contributed by atoms with Crippen LogP contribution in [-0.2, 0) is 0 Å². The van der Waals surface area contributed by atoms with Crippen molar-refractivity contribution in [2.75, 3.05) is 5.32 Å². The fraction of sp³-hybridized carbons (Fsp3) is 0.143. The molecule has 6 heteroatoms. The molecular formula is C14H13ClN2O2S. The van der Waals surface area contributed by atoms with Gasteiger partial charge in [0.25, 0.3) is 5.91 Å². The average Bonchev–Trinajstić information content (AvgIpc) is 2.79. The minimum atomic E-state index is -0.228. The van der Waals surface area contributed by atoms with Gasteiger partial charge in [0.05, 0.1) is 10.7 Å². The predicted octanol–water partition coefficient (Wildman–Crippen LogP) is 4.16. The summed E-state index contributed by atoms with van der Waals surface area (Å²) in [6, 6.07) is 7.03. The van der Waals surface area contributed by atoms with Gasteiger partial charge in [-0.15, -0.1) is 11.3 Å². The summed E-state index contributed by atoms with van der Waals surface area (Å²) >= 11 is 7.38.